The second-order valence-corrected chi connectivity index (χ2v) is 8.06. The van der Waals surface area contributed by atoms with E-state index in [9.17, 15) is 14.6 Å². The van der Waals surface area contributed by atoms with Gasteiger partial charge in [-0.15, -0.1) is 0 Å². The fourth-order valence-electron chi connectivity index (χ4n) is 2.26. The summed E-state index contributed by atoms with van der Waals surface area (Å²) in [4.78, 5) is 12.1. The minimum absolute atomic E-state index is 0.0873. The van der Waals surface area contributed by atoms with Crippen molar-refractivity contribution in [1.29, 1.82) is 5.26 Å². The molecule has 0 radical (unpaired) electrons. The van der Waals surface area contributed by atoms with Crippen LogP contribution in [0.25, 0.3) is 0 Å². The molecule has 0 aliphatic heterocycles. The highest BCUT2D eigenvalue weighted by Crippen LogP contribution is 2.46. The van der Waals surface area contributed by atoms with Crippen molar-refractivity contribution in [2.75, 3.05) is 0 Å². The van der Waals surface area contributed by atoms with Gasteiger partial charge in [-0.2, -0.15) is 10.3 Å². The molecule has 0 bridgehead atoms. The average molecular weight is 402 g/mol. The number of para-hydroxylation sites is 1. The Morgan fingerprint density at radius 3 is 2.39 bits per heavy atom. The second kappa shape index (κ2) is 9.41. The number of carbonyl (C=O) groups is 1. The minimum atomic E-state index is -4.07. The highest BCUT2D eigenvalue weighted by atomic mass is 31.2. The molecule has 2 atom stereocenters. The van der Waals surface area contributed by atoms with Crippen LogP contribution in [-0.4, -0.2) is 18.1 Å². The molecule has 0 amide bonds. The van der Waals surface area contributed by atoms with E-state index in [2.05, 4.69) is 5.09 Å². The zero-order valence-corrected chi connectivity index (χ0v) is 17.1. The molecule has 148 valence electrons. The Bertz CT molecular complexity index is 909. The molecule has 28 heavy (non-hydrogen) atoms. The molecular formula is C20H23N2O5P. The first kappa shape index (κ1) is 21.5. The molecule has 1 unspecified atom stereocenters. The van der Waals surface area contributed by atoms with Gasteiger partial charge in [0.25, 0.3) is 0 Å². The van der Waals surface area contributed by atoms with Crippen molar-refractivity contribution in [3.8, 4) is 17.6 Å². The molecule has 1 N–H and O–H groups in total. The van der Waals surface area contributed by atoms with Gasteiger partial charge in [-0.3, -0.25) is 4.79 Å². The smallest absolute Gasteiger partial charge is 0.462 e. The van der Waals surface area contributed by atoms with Crippen LogP contribution in [0.1, 0.15) is 31.9 Å². The van der Waals surface area contributed by atoms with Crippen molar-refractivity contribution in [3.63, 3.8) is 0 Å². The zero-order chi connectivity index (χ0) is 20.7. The summed E-state index contributed by atoms with van der Waals surface area (Å²) < 4.78 is 29.7. The van der Waals surface area contributed by atoms with Gasteiger partial charge in [-0.1, -0.05) is 24.3 Å². The summed E-state index contributed by atoms with van der Waals surface area (Å²) in [6, 6.07) is 14.3. The number of nitrogens with one attached hydrogen (secondary N) is 1. The number of benzene rings is 2. The van der Waals surface area contributed by atoms with Crippen LogP contribution >= 0.6 is 7.75 Å². The number of hydrogen-bond donors (Lipinski definition) is 1. The van der Waals surface area contributed by atoms with Crippen LogP contribution in [0.3, 0.4) is 0 Å². The first-order chi connectivity index (χ1) is 13.2. The third-order valence-electron chi connectivity index (χ3n) is 3.50. The highest BCUT2D eigenvalue weighted by Gasteiger charge is 2.34. The van der Waals surface area contributed by atoms with Gasteiger partial charge < -0.3 is 13.8 Å². The van der Waals surface area contributed by atoms with E-state index < -0.39 is 19.8 Å². The lowest BCUT2D eigenvalue weighted by atomic mass is 10.1. The monoisotopic (exact) mass is 402 g/mol. The van der Waals surface area contributed by atoms with Crippen LogP contribution in [0.5, 0.6) is 11.5 Å². The molecule has 0 saturated carbocycles. The lowest BCUT2D eigenvalue weighted by Crippen LogP contribution is -2.36. The van der Waals surface area contributed by atoms with Crippen LogP contribution in [0.4, 0.5) is 0 Å². The molecule has 2 aromatic carbocycles. The number of rotatable bonds is 8. The van der Waals surface area contributed by atoms with Gasteiger partial charge in [0, 0.05) is 0 Å². The van der Waals surface area contributed by atoms with Gasteiger partial charge in [-0.25, -0.2) is 4.57 Å². The first-order valence-electron chi connectivity index (χ1n) is 8.76. The van der Waals surface area contributed by atoms with Crippen LogP contribution in [0.2, 0.25) is 0 Å². The number of ether oxygens (including phenoxy) is 1. The number of esters is 1. The predicted octanol–water partition coefficient (Wildman–Crippen LogP) is 4.36. The number of carbonyl (C=O) groups excluding carboxylic acids is 1. The van der Waals surface area contributed by atoms with Crippen LogP contribution in [0, 0.1) is 18.3 Å². The van der Waals surface area contributed by atoms with E-state index in [1.165, 1.54) is 13.0 Å². The Hall–Kier alpha value is -2.81. The third-order valence-corrected chi connectivity index (χ3v) is 5.09. The topological polar surface area (TPSA) is 97.7 Å². The highest BCUT2D eigenvalue weighted by molar-refractivity contribution is 7.52. The predicted molar refractivity (Wildman–Crippen MR) is 105 cm³/mol. The Balaban J connectivity index is 2.32. The zero-order valence-electron chi connectivity index (χ0n) is 16.2. The molecule has 0 aliphatic rings. The van der Waals surface area contributed by atoms with E-state index in [0.717, 1.165) is 5.56 Å². The molecule has 2 rings (SSSR count). The maximum atomic E-state index is 13.4. The van der Waals surface area contributed by atoms with Gasteiger partial charge in [0.2, 0.25) is 0 Å². The normalized spacial score (nSPS) is 13.9. The lowest BCUT2D eigenvalue weighted by Gasteiger charge is -2.24. The fraction of sp³-hybridized carbons (Fsp3) is 0.300. The quantitative estimate of drug-likeness (QED) is 0.517. The SMILES string of the molecule is Cc1ccc(OP(=O)(N[C@@H](C)C(=O)OC(C)C)Oc2ccccc2)c(C#N)c1. The molecular weight excluding hydrogens is 379 g/mol. The van der Waals surface area contributed by atoms with Crippen molar-refractivity contribution in [1.82, 2.24) is 5.09 Å². The van der Waals surface area contributed by atoms with Gasteiger partial charge in [-0.05, 0) is 57.5 Å². The molecule has 0 spiro atoms. The first-order valence-corrected chi connectivity index (χ1v) is 10.3. The molecule has 0 heterocycles. The minimum Gasteiger partial charge on any atom is -0.462 e. The Kier molecular flexibility index (Phi) is 7.22. The molecule has 0 aliphatic carbocycles. The van der Waals surface area contributed by atoms with Crippen molar-refractivity contribution in [2.24, 2.45) is 0 Å². The summed E-state index contributed by atoms with van der Waals surface area (Å²) in [7, 11) is -4.07. The summed E-state index contributed by atoms with van der Waals surface area (Å²) in [6.45, 7) is 6.75. The van der Waals surface area contributed by atoms with Crippen LogP contribution in [-0.2, 0) is 14.1 Å². The Morgan fingerprint density at radius 1 is 1.11 bits per heavy atom. The summed E-state index contributed by atoms with van der Waals surface area (Å²) in [5.41, 5.74) is 1.06. The Morgan fingerprint density at radius 2 is 1.79 bits per heavy atom. The molecule has 7 nitrogen and oxygen atoms in total. The van der Waals surface area contributed by atoms with E-state index >= 15 is 0 Å². The summed E-state index contributed by atoms with van der Waals surface area (Å²) in [5, 5.41) is 11.9. The number of nitriles is 1. The van der Waals surface area contributed by atoms with Gasteiger partial charge in [0.1, 0.15) is 23.6 Å². The molecule has 2 aromatic rings. The van der Waals surface area contributed by atoms with E-state index in [-0.39, 0.29) is 23.2 Å². The largest absolute Gasteiger partial charge is 0.513 e. The van der Waals surface area contributed by atoms with Crippen molar-refractivity contribution in [3.05, 3.63) is 59.7 Å². The average Bonchev–Trinajstić information content (AvgIpc) is 2.63. The molecule has 0 fully saturated rings. The van der Waals surface area contributed by atoms with Gasteiger partial charge >= 0.3 is 13.7 Å². The van der Waals surface area contributed by atoms with E-state index in [0.29, 0.717) is 0 Å². The van der Waals surface area contributed by atoms with E-state index in [1.807, 2.05) is 13.0 Å². The molecule has 0 saturated heterocycles. The van der Waals surface area contributed by atoms with Gasteiger partial charge in [0.15, 0.2) is 0 Å². The summed E-state index contributed by atoms with van der Waals surface area (Å²) >= 11 is 0. The molecule has 8 heteroatoms. The second-order valence-electron chi connectivity index (χ2n) is 6.44. The van der Waals surface area contributed by atoms with E-state index in [1.54, 1.807) is 56.3 Å². The third kappa shape index (κ3) is 6.12. The van der Waals surface area contributed by atoms with Gasteiger partial charge in [0.05, 0.1) is 11.7 Å². The number of aryl methyl sites for hydroxylation is 1. The molecule has 0 aromatic heterocycles. The summed E-state index contributed by atoms with van der Waals surface area (Å²) in [6.07, 6.45) is -0.325. The Labute approximate surface area is 164 Å². The number of hydrogen-bond acceptors (Lipinski definition) is 6. The van der Waals surface area contributed by atoms with Crippen LogP contribution < -0.4 is 14.1 Å². The maximum Gasteiger partial charge on any atom is 0.513 e. The standard InChI is InChI=1S/C20H23N2O5P/c1-14(2)25-20(23)16(4)22-28(24,26-18-8-6-5-7-9-18)27-19-11-10-15(3)12-17(19)13-21/h5-12,14,16H,1-4H3,(H,22,24)/t16-,28?/m0/s1. The fourth-order valence-corrected chi connectivity index (χ4v) is 3.80. The van der Waals surface area contributed by atoms with Crippen molar-refractivity contribution in [2.45, 2.75) is 39.8 Å². The van der Waals surface area contributed by atoms with Crippen LogP contribution in [0.15, 0.2) is 48.5 Å². The maximum absolute atomic E-state index is 13.4. The number of nitrogens with zero attached hydrogens (tertiary/aromatic N) is 1. The summed E-state index contributed by atoms with van der Waals surface area (Å²) in [5.74, 6) is -0.224. The lowest BCUT2D eigenvalue weighted by molar-refractivity contribution is -0.149. The van der Waals surface area contributed by atoms with Crippen molar-refractivity contribution >= 4 is 13.7 Å². The van der Waals surface area contributed by atoms with E-state index in [4.69, 9.17) is 13.8 Å². The van der Waals surface area contributed by atoms with Crippen molar-refractivity contribution < 1.29 is 23.1 Å².